The molecule has 1 amide bonds. The van der Waals surface area contributed by atoms with Crippen LogP contribution >= 0.6 is 11.6 Å². The molecule has 0 saturated carbocycles. The van der Waals surface area contributed by atoms with Gasteiger partial charge in [0.05, 0.1) is 10.6 Å². The number of amides is 1. The summed E-state index contributed by atoms with van der Waals surface area (Å²) < 4.78 is 65.7. The predicted octanol–water partition coefficient (Wildman–Crippen LogP) is 3.53. The average Bonchev–Trinajstić information content (AvgIpc) is 2.72. The second kappa shape index (κ2) is 9.05. The first-order valence-corrected chi connectivity index (χ1v) is 11.2. The Morgan fingerprint density at radius 1 is 1.06 bits per heavy atom. The highest BCUT2D eigenvalue weighted by molar-refractivity contribution is 7.89. The van der Waals surface area contributed by atoms with E-state index in [1.54, 1.807) is 18.2 Å². The fraction of sp³-hybridized carbons (Fsp3) is 0.350. The third kappa shape index (κ3) is 5.31. The van der Waals surface area contributed by atoms with Crippen LogP contribution in [0.3, 0.4) is 0 Å². The Labute approximate surface area is 182 Å². The summed E-state index contributed by atoms with van der Waals surface area (Å²) in [5.74, 6) is -0.0958. The molecule has 11 heteroatoms. The number of alkyl halides is 3. The van der Waals surface area contributed by atoms with Gasteiger partial charge in [0.1, 0.15) is 10.6 Å². The van der Waals surface area contributed by atoms with E-state index in [1.165, 1.54) is 11.0 Å². The highest BCUT2D eigenvalue weighted by Gasteiger charge is 2.35. The molecule has 1 N–H and O–H groups in total. The van der Waals surface area contributed by atoms with E-state index in [1.807, 2.05) is 0 Å². The Balaban J connectivity index is 1.65. The lowest BCUT2D eigenvalue weighted by molar-refractivity contribution is -0.137. The second-order valence-electron chi connectivity index (χ2n) is 7.06. The molecular formula is C20H20ClF3N2O4S. The highest BCUT2D eigenvalue weighted by atomic mass is 35.5. The monoisotopic (exact) mass is 476 g/mol. The molecule has 1 fully saturated rings. The van der Waals surface area contributed by atoms with Crippen molar-refractivity contribution in [3.63, 3.8) is 0 Å². The Bertz CT molecular complexity index is 1070. The summed E-state index contributed by atoms with van der Waals surface area (Å²) in [6, 6.07) is 8.84. The summed E-state index contributed by atoms with van der Waals surface area (Å²) in [6.07, 6.45) is -4.22. The molecule has 0 atom stereocenters. The van der Waals surface area contributed by atoms with E-state index in [2.05, 4.69) is 0 Å². The van der Waals surface area contributed by atoms with E-state index in [-0.39, 0.29) is 49.3 Å². The minimum absolute atomic E-state index is 0.0583. The summed E-state index contributed by atoms with van der Waals surface area (Å²) in [6.45, 7) is 0.0965. The number of carbonyl (C=O) groups excluding carboxylic acids is 1. The molecule has 6 nitrogen and oxygen atoms in total. The summed E-state index contributed by atoms with van der Waals surface area (Å²) in [4.78, 5) is 13.3. The number of piperazine rings is 1. The van der Waals surface area contributed by atoms with E-state index >= 15 is 0 Å². The van der Waals surface area contributed by atoms with Crippen LogP contribution in [-0.4, -0.2) is 54.8 Å². The molecule has 31 heavy (non-hydrogen) atoms. The van der Waals surface area contributed by atoms with Crippen molar-refractivity contribution >= 4 is 27.5 Å². The molecule has 2 aromatic rings. The van der Waals surface area contributed by atoms with E-state index in [0.29, 0.717) is 18.1 Å². The van der Waals surface area contributed by atoms with Gasteiger partial charge >= 0.3 is 6.18 Å². The Morgan fingerprint density at radius 2 is 1.71 bits per heavy atom. The van der Waals surface area contributed by atoms with Crippen molar-refractivity contribution in [3.05, 3.63) is 58.6 Å². The largest absolute Gasteiger partial charge is 0.508 e. The SMILES string of the molecule is O=C(CCc1ccccc1O)N1CCN(S(=O)(=O)c2cc(C(F)(F)F)ccc2Cl)CC1. The van der Waals surface area contributed by atoms with Crippen molar-refractivity contribution in [1.82, 2.24) is 9.21 Å². The maximum absolute atomic E-state index is 13.0. The molecular weight excluding hydrogens is 457 g/mol. The highest BCUT2D eigenvalue weighted by Crippen LogP contribution is 2.34. The maximum atomic E-state index is 13.0. The number of sulfonamides is 1. The van der Waals surface area contributed by atoms with Gasteiger partial charge in [-0.05, 0) is 36.2 Å². The zero-order valence-electron chi connectivity index (χ0n) is 16.3. The molecule has 0 aliphatic carbocycles. The molecule has 1 aliphatic rings. The molecule has 1 saturated heterocycles. The number of phenolic OH excluding ortho intramolecular Hbond substituents is 1. The van der Waals surface area contributed by atoms with Crippen molar-refractivity contribution in [1.29, 1.82) is 0 Å². The number of nitrogens with zero attached hydrogens (tertiary/aromatic N) is 2. The predicted molar refractivity (Wildman–Crippen MR) is 108 cm³/mol. The number of hydrogen-bond acceptors (Lipinski definition) is 4. The van der Waals surface area contributed by atoms with Gasteiger partial charge in [0.15, 0.2) is 0 Å². The van der Waals surface area contributed by atoms with E-state index < -0.39 is 26.7 Å². The number of carbonyl (C=O) groups is 1. The standard InChI is InChI=1S/C20H20ClF3N2O4S/c21-16-7-6-15(20(22,23)24)13-18(16)31(29,30)26-11-9-25(10-12-26)19(28)8-5-14-3-1-2-4-17(14)27/h1-4,6-7,13,27H,5,8-12H2. The van der Waals surface area contributed by atoms with Crippen molar-refractivity contribution in [2.45, 2.75) is 23.9 Å². The van der Waals surface area contributed by atoms with Crippen LogP contribution in [0.4, 0.5) is 13.2 Å². The number of aryl methyl sites for hydroxylation is 1. The van der Waals surface area contributed by atoms with Crippen molar-refractivity contribution in [3.8, 4) is 5.75 Å². The van der Waals surface area contributed by atoms with Gasteiger partial charge in [0, 0.05) is 32.6 Å². The zero-order valence-corrected chi connectivity index (χ0v) is 17.8. The topological polar surface area (TPSA) is 77.9 Å². The molecule has 168 valence electrons. The van der Waals surface area contributed by atoms with Crippen LogP contribution in [0.2, 0.25) is 5.02 Å². The van der Waals surface area contributed by atoms with Crippen LogP contribution < -0.4 is 0 Å². The van der Waals surface area contributed by atoms with Gasteiger partial charge in [-0.15, -0.1) is 0 Å². The molecule has 0 aromatic heterocycles. The molecule has 1 aliphatic heterocycles. The molecule has 0 bridgehead atoms. The van der Waals surface area contributed by atoms with Gasteiger partial charge in [-0.2, -0.15) is 17.5 Å². The van der Waals surface area contributed by atoms with Gasteiger partial charge in [-0.3, -0.25) is 4.79 Å². The first-order valence-electron chi connectivity index (χ1n) is 9.41. The van der Waals surface area contributed by atoms with E-state index in [0.717, 1.165) is 16.4 Å². The number of halogens is 4. The van der Waals surface area contributed by atoms with Gasteiger partial charge in [-0.25, -0.2) is 8.42 Å². The van der Waals surface area contributed by atoms with Crippen LogP contribution in [0, 0.1) is 0 Å². The summed E-state index contributed by atoms with van der Waals surface area (Å²) in [5.41, 5.74) is -0.468. The van der Waals surface area contributed by atoms with Gasteiger partial charge in [0.25, 0.3) is 0 Å². The Morgan fingerprint density at radius 3 is 2.32 bits per heavy atom. The van der Waals surface area contributed by atoms with Crippen LogP contribution in [-0.2, 0) is 27.4 Å². The molecule has 0 radical (unpaired) electrons. The Hall–Kier alpha value is -2.30. The smallest absolute Gasteiger partial charge is 0.416 e. The average molecular weight is 477 g/mol. The molecule has 0 spiro atoms. The number of para-hydroxylation sites is 1. The first kappa shape index (κ1) is 23.4. The van der Waals surface area contributed by atoms with Crippen molar-refractivity contribution in [2.75, 3.05) is 26.2 Å². The van der Waals surface area contributed by atoms with Crippen LogP contribution in [0.15, 0.2) is 47.4 Å². The molecule has 0 unspecified atom stereocenters. The van der Waals surface area contributed by atoms with Crippen molar-refractivity contribution in [2.24, 2.45) is 0 Å². The fourth-order valence-electron chi connectivity index (χ4n) is 3.32. The summed E-state index contributed by atoms with van der Waals surface area (Å²) >= 11 is 5.88. The van der Waals surface area contributed by atoms with E-state index in [9.17, 15) is 31.5 Å². The third-order valence-corrected chi connectivity index (χ3v) is 7.45. The van der Waals surface area contributed by atoms with Gasteiger partial charge in [0.2, 0.25) is 15.9 Å². The Kier molecular flexibility index (Phi) is 6.82. The van der Waals surface area contributed by atoms with Crippen LogP contribution in [0.5, 0.6) is 5.75 Å². The first-order chi connectivity index (χ1) is 14.5. The number of benzene rings is 2. The second-order valence-corrected chi connectivity index (χ2v) is 9.37. The maximum Gasteiger partial charge on any atom is 0.416 e. The fourth-order valence-corrected chi connectivity index (χ4v) is 5.24. The summed E-state index contributed by atoms with van der Waals surface area (Å²) in [5, 5.41) is 9.48. The lowest BCUT2D eigenvalue weighted by Crippen LogP contribution is -2.50. The van der Waals surface area contributed by atoms with E-state index in [4.69, 9.17) is 11.6 Å². The lowest BCUT2D eigenvalue weighted by Gasteiger charge is -2.34. The molecule has 3 rings (SSSR count). The number of rotatable bonds is 5. The third-order valence-electron chi connectivity index (χ3n) is 5.07. The van der Waals surface area contributed by atoms with Crippen molar-refractivity contribution < 1.29 is 31.5 Å². The van der Waals surface area contributed by atoms with Crippen LogP contribution in [0.25, 0.3) is 0 Å². The number of aromatic hydroxyl groups is 1. The van der Waals surface area contributed by atoms with Gasteiger partial charge < -0.3 is 10.0 Å². The van der Waals surface area contributed by atoms with Crippen LogP contribution in [0.1, 0.15) is 17.5 Å². The zero-order chi connectivity index (χ0) is 22.8. The molecule has 2 aromatic carbocycles. The minimum Gasteiger partial charge on any atom is -0.508 e. The number of phenols is 1. The molecule has 1 heterocycles. The normalized spacial score (nSPS) is 15.8. The van der Waals surface area contributed by atoms with Gasteiger partial charge in [-0.1, -0.05) is 29.8 Å². The number of hydrogen-bond donors (Lipinski definition) is 1. The lowest BCUT2D eigenvalue weighted by atomic mass is 10.1. The summed E-state index contributed by atoms with van der Waals surface area (Å²) in [7, 11) is -4.26. The quantitative estimate of drug-likeness (QED) is 0.716. The minimum atomic E-state index is -4.70.